The predicted molar refractivity (Wildman–Crippen MR) is 83.4 cm³/mol. The molecule has 0 amide bonds. The fraction of sp³-hybridized carbons (Fsp3) is 0.375. The first-order chi connectivity index (χ1) is 10.1. The van der Waals surface area contributed by atoms with Crippen molar-refractivity contribution < 1.29 is 9.47 Å². The maximum absolute atomic E-state index is 6.02. The Morgan fingerprint density at radius 3 is 2.52 bits per heavy atom. The molecule has 0 saturated carbocycles. The molecule has 0 atom stereocenters. The summed E-state index contributed by atoms with van der Waals surface area (Å²) in [4.78, 5) is 8.57. The molecule has 0 radical (unpaired) electrons. The number of hydrogen-bond acceptors (Lipinski definition) is 4. The van der Waals surface area contributed by atoms with Crippen LogP contribution in [0.5, 0.6) is 17.4 Å². The van der Waals surface area contributed by atoms with Crippen LogP contribution < -0.4 is 9.47 Å². The molecule has 112 valence electrons. The zero-order valence-electron chi connectivity index (χ0n) is 12.5. The number of hydrogen-bond donors (Lipinski definition) is 0. The summed E-state index contributed by atoms with van der Waals surface area (Å²) >= 11 is 6.02. The van der Waals surface area contributed by atoms with Crippen molar-refractivity contribution in [3.63, 3.8) is 0 Å². The van der Waals surface area contributed by atoms with Crippen LogP contribution in [0.2, 0.25) is 5.15 Å². The lowest BCUT2D eigenvalue weighted by Gasteiger charge is -2.12. The van der Waals surface area contributed by atoms with Crippen LogP contribution >= 0.6 is 11.6 Å². The highest BCUT2D eigenvalue weighted by molar-refractivity contribution is 6.29. The third-order valence-electron chi connectivity index (χ3n) is 2.73. The van der Waals surface area contributed by atoms with Crippen LogP contribution in [0.25, 0.3) is 0 Å². The van der Waals surface area contributed by atoms with E-state index in [4.69, 9.17) is 21.1 Å². The van der Waals surface area contributed by atoms with E-state index in [0.29, 0.717) is 35.0 Å². The van der Waals surface area contributed by atoms with E-state index in [9.17, 15) is 0 Å². The van der Waals surface area contributed by atoms with Crippen molar-refractivity contribution in [1.82, 2.24) is 9.97 Å². The molecule has 2 aromatic rings. The third-order valence-corrected chi connectivity index (χ3v) is 2.92. The number of para-hydroxylation sites is 2. The van der Waals surface area contributed by atoms with Gasteiger partial charge in [-0.25, -0.2) is 4.98 Å². The van der Waals surface area contributed by atoms with Crippen molar-refractivity contribution in [1.29, 1.82) is 0 Å². The van der Waals surface area contributed by atoms with Gasteiger partial charge in [0.1, 0.15) is 11.0 Å². The Labute approximate surface area is 130 Å². The summed E-state index contributed by atoms with van der Waals surface area (Å²) in [6.45, 7) is 6.71. The normalized spacial score (nSPS) is 10.7. The number of aromatic nitrogens is 2. The molecule has 1 aromatic heterocycles. The van der Waals surface area contributed by atoms with Crippen LogP contribution in [0.4, 0.5) is 0 Å². The number of nitrogens with zero attached hydrogens (tertiary/aromatic N) is 2. The van der Waals surface area contributed by atoms with E-state index < -0.39 is 0 Å². The van der Waals surface area contributed by atoms with Crippen LogP contribution in [0, 0.1) is 0 Å². The summed E-state index contributed by atoms with van der Waals surface area (Å²) in [7, 11) is 0. The lowest BCUT2D eigenvalue weighted by Crippen LogP contribution is -2.01. The Kier molecular flexibility index (Phi) is 5.39. The van der Waals surface area contributed by atoms with Crippen molar-refractivity contribution in [2.45, 2.75) is 33.1 Å². The zero-order valence-corrected chi connectivity index (χ0v) is 13.2. The van der Waals surface area contributed by atoms with Crippen molar-refractivity contribution in [3.05, 3.63) is 41.3 Å². The number of benzene rings is 1. The van der Waals surface area contributed by atoms with Gasteiger partial charge in [0.05, 0.1) is 6.61 Å². The van der Waals surface area contributed by atoms with Crippen LogP contribution in [-0.2, 0) is 0 Å². The van der Waals surface area contributed by atoms with E-state index in [2.05, 4.69) is 16.9 Å². The van der Waals surface area contributed by atoms with Gasteiger partial charge in [-0.2, -0.15) is 4.98 Å². The smallest absolute Gasteiger partial charge is 0.224 e. The second kappa shape index (κ2) is 7.27. The number of halogens is 1. The first-order valence-corrected chi connectivity index (χ1v) is 7.42. The lowest BCUT2D eigenvalue weighted by molar-refractivity contribution is 0.300. The van der Waals surface area contributed by atoms with E-state index in [1.54, 1.807) is 6.07 Å². The van der Waals surface area contributed by atoms with Gasteiger partial charge < -0.3 is 9.47 Å². The van der Waals surface area contributed by atoms with Gasteiger partial charge in [-0.05, 0) is 18.6 Å². The third kappa shape index (κ3) is 4.33. The molecule has 1 aromatic carbocycles. The minimum Gasteiger partial charge on any atom is -0.490 e. The average Bonchev–Trinajstić information content (AvgIpc) is 2.45. The van der Waals surface area contributed by atoms with Gasteiger partial charge in [-0.1, -0.05) is 44.5 Å². The fourth-order valence-electron chi connectivity index (χ4n) is 1.70. The first-order valence-electron chi connectivity index (χ1n) is 7.04. The van der Waals surface area contributed by atoms with E-state index in [1.807, 2.05) is 38.1 Å². The van der Waals surface area contributed by atoms with Crippen LogP contribution in [0.15, 0.2) is 30.3 Å². The lowest BCUT2D eigenvalue weighted by atomic mass is 10.2. The van der Waals surface area contributed by atoms with Crippen molar-refractivity contribution in [2.24, 2.45) is 0 Å². The van der Waals surface area contributed by atoms with E-state index in [-0.39, 0.29) is 5.92 Å². The number of rotatable bonds is 6. The predicted octanol–water partition coefficient (Wildman–Crippen LogP) is 4.83. The van der Waals surface area contributed by atoms with E-state index in [1.165, 1.54) is 0 Å². The Morgan fingerprint density at radius 2 is 1.86 bits per heavy atom. The Balaban J connectivity index is 2.25. The van der Waals surface area contributed by atoms with Gasteiger partial charge in [0.25, 0.3) is 0 Å². The quantitative estimate of drug-likeness (QED) is 0.717. The standard InChI is InChI=1S/C16H19ClN2O2/c1-4-9-20-12-7-5-6-8-13(12)21-15-10-14(17)18-16(19-15)11(2)3/h5-8,10-11H,4,9H2,1-3H3. The minimum absolute atomic E-state index is 0.178. The highest BCUT2D eigenvalue weighted by Gasteiger charge is 2.11. The van der Waals surface area contributed by atoms with Gasteiger partial charge in [-0.3, -0.25) is 0 Å². The first kappa shape index (κ1) is 15.6. The van der Waals surface area contributed by atoms with Crippen LogP contribution in [-0.4, -0.2) is 16.6 Å². The Hall–Kier alpha value is -1.81. The molecule has 4 nitrogen and oxygen atoms in total. The summed E-state index contributed by atoms with van der Waals surface area (Å²) in [5, 5.41) is 0.371. The van der Waals surface area contributed by atoms with E-state index >= 15 is 0 Å². The summed E-state index contributed by atoms with van der Waals surface area (Å²) in [6, 6.07) is 9.11. The van der Waals surface area contributed by atoms with Crippen LogP contribution in [0.1, 0.15) is 38.9 Å². The fourth-order valence-corrected chi connectivity index (χ4v) is 1.88. The molecule has 0 saturated heterocycles. The second-order valence-corrected chi connectivity index (χ2v) is 5.33. The van der Waals surface area contributed by atoms with Crippen LogP contribution in [0.3, 0.4) is 0 Å². The van der Waals surface area contributed by atoms with Gasteiger partial charge >= 0.3 is 0 Å². The van der Waals surface area contributed by atoms with Gasteiger partial charge in [0.2, 0.25) is 5.88 Å². The monoisotopic (exact) mass is 306 g/mol. The SMILES string of the molecule is CCCOc1ccccc1Oc1cc(Cl)nc(C(C)C)n1. The molecule has 0 aliphatic heterocycles. The molecule has 0 unspecified atom stereocenters. The number of ether oxygens (including phenoxy) is 2. The van der Waals surface area contributed by atoms with Crippen molar-refractivity contribution >= 4 is 11.6 Å². The maximum Gasteiger partial charge on any atom is 0.224 e. The minimum atomic E-state index is 0.178. The summed E-state index contributed by atoms with van der Waals surface area (Å²) in [5.74, 6) is 2.57. The second-order valence-electron chi connectivity index (χ2n) is 4.94. The molecule has 21 heavy (non-hydrogen) atoms. The molecule has 0 aliphatic carbocycles. The largest absolute Gasteiger partial charge is 0.490 e. The molecule has 5 heteroatoms. The molecule has 2 rings (SSSR count). The van der Waals surface area contributed by atoms with Crippen molar-refractivity contribution in [2.75, 3.05) is 6.61 Å². The molecule has 0 bridgehead atoms. The molecule has 0 fully saturated rings. The molecule has 1 heterocycles. The zero-order chi connectivity index (χ0) is 15.2. The summed E-state index contributed by atoms with van der Waals surface area (Å²) in [6.07, 6.45) is 0.936. The highest BCUT2D eigenvalue weighted by atomic mass is 35.5. The maximum atomic E-state index is 6.02. The average molecular weight is 307 g/mol. The molecule has 0 spiro atoms. The summed E-state index contributed by atoms with van der Waals surface area (Å²) in [5.41, 5.74) is 0. The highest BCUT2D eigenvalue weighted by Crippen LogP contribution is 2.31. The van der Waals surface area contributed by atoms with Gasteiger partial charge in [0, 0.05) is 12.0 Å². The summed E-state index contributed by atoms with van der Waals surface area (Å²) < 4.78 is 11.5. The van der Waals surface area contributed by atoms with Crippen molar-refractivity contribution in [3.8, 4) is 17.4 Å². The van der Waals surface area contributed by atoms with Gasteiger partial charge in [-0.15, -0.1) is 0 Å². The molecular formula is C16H19ClN2O2. The molecular weight excluding hydrogens is 288 g/mol. The topological polar surface area (TPSA) is 44.2 Å². The Morgan fingerprint density at radius 1 is 1.14 bits per heavy atom. The Bertz CT molecular complexity index is 603. The van der Waals surface area contributed by atoms with Gasteiger partial charge in [0.15, 0.2) is 11.5 Å². The van der Waals surface area contributed by atoms with E-state index in [0.717, 1.165) is 6.42 Å². The molecule has 0 aliphatic rings. The molecule has 0 N–H and O–H groups in total.